The highest BCUT2D eigenvalue weighted by atomic mass is 35.5. The summed E-state index contributed by atoms with van der Waals surface area (Å²) >= 11 is 0. The number of rotatable bonds is 3. The van der Waals surface area contributed by atoms with Gasteiger partial charge in [-0.25, -0.2) is 9.40 Å². The number of benzene rings is 1. The molecule has 0 bridgehead atoms. The molecule has 2 fully saturated rings. The van der Waals surface area contributed by atoms with Crippen molar-refractivity contribution in [3.8, 4) is 0 Å². The third kappa shape index (κ3) is 4.94. The Morgan fingerprint density at radius 3 is 2.35 bits per heavy atom. The fourth-order valence-electron chi connectivity index (χ4n) is 2.85. The van der Waals surface area contributed by atoms with Gasteiger partial charge in [-0.1, -0.05) is 0 Å². The lowest BCUT2D eigenvalue weighted by molar-refractivity contribution is 0.0825. The SMILES string of the molecule is Cl.Cl.O=C(NN1CCCC1)c1ccc(N2CCNCC2)c(F)c1. The van der Waals surface area contributed by atoms with Crippen molar-refractivity contribution in [1.29, 1.82) is 0 Å². The first-order valence-electron chi connectivity index (χ1n) is 7.55. The van der Waals surface area contributed by atoms with Crippen molar-refractivity contribution >= 4 is 36.4 Å². The number of nitrogens with one attached hydrogen (secondary N) is 2. The lowest BCUT2D eigenvalue weighted by Gasteiger charge is -2.29. The fraction of sp³-hybridized carbons (Fsp3) is 0.533. The summed E-state index contributed by atoms with van der Waals surface area (Å²) in [5.41, 5.74) is 3.78. The fourth-order valence-corrected chi connectivity index (χ4v) is 2.85. The van der Waals surface area contributed by atoms with E-state index in [-0.39, 0.29) is 36.5 Å². The van der Waals surface area contributed by atoms with Gasteiger partial charge in [-0.2, -0.15) is 0 Å². The molecule has 5 nitrogen and oxygen atoms in total. The van der Waals surface area contributed by atoms with Crippen molar-refractivity contribution in [2.75, 3.05) is 44.2 Å². The predicted octanol–water partition coefficient (Wildman–Crippen LogP) is 1.82. The van der Waals surface area contributed by atoms with Crippen LogP contribution in [0.3, 0.4) is 0 Å². The topological polar surface area (TPSA) is 47.6 Å². The summed E-state index contributed by atoms with van der Waals surface area (Å²) in [5, 5.41) is 5.13. The van der Waals surface area contributed by atoms with Gasteiger partial charge in [0.25, 0.3) is 5.91 Å². The lowest BCUT2D eigenvalue weighted by Crippen LogP contribution is -2.44. The maximum absolute atomic E-state index is 14.3. The minimum atomic E-state index is -0.328. The van der Waals surface area contributed by atoms with Gasteiger partial charge in [0.1, 0.15) is 5.82 Å². The highest BCUT2D eigenvalue weighted by Gasteiger charge is 2.18. The second kappa shape index (κ2) is 9.27. The molecule has 3 rings (SSSR count). The minimum Gasteiger partial charge on any atom is -0.367 e. The molecular weight excluding hydrogens is 342 g/mol. The van der Waals surface area contributed by atoms with E-state index in [0.29, 0.717) is 11.3 Å². The van der Waals surface area contributed by atoms with Crippen LogP contribution in [0.4, 0.5) is 10.1 Å². The number of hydrogen-bond donors (Lipinski definition) is 2. The van der Waals surface area contributed by atoms with E-state index < -0.39 is 0 Å². The molecule has 0 aromatic heterocycles. The van der Waals surface area contributed by atoms with Crippen molar-refractivity contribution in [3.63, 3.8) is 0 Å². The summed E-state index contributed by atoms with van der Waals surface area (Å²) in [6, 6.07) is 4.74. The molecule has 1 aromatic carbocycles. The van der Waals surface area contributed by atoms with Crippen molar-refractivity contribution in [2.24, 2.45) is 0 Å². The van der Waals surface area contributed by atoms with Crippen LogP contribution in [0.15, 0.2) is 18.2 Å². The number of carbonyl (C=O) groups is 1. The van der Waals surface area contributed by atoms with Crippen LogP contribution in [0, 0.1) is 5.82 Å². The smallest absolute Gasteiger partial charge is 0.265 e. The third-order valence-electron chi connectivity index (χ3n) is 4.03. The lowest BCUT2D eigenvalue weighted by atomic mass is 10.1. The maximum Gasteiger partial charge on any atom is 0.265 e. The van der Waals surface area contributed by atoms with E-state index in [9.17, 15) is 9.18 Å². The molecule has 0 radical (unpaired) electrons. The monoisotopic (exact) mass is 364 g/mol. The van der Waals surface area contributed by atoms with Gasteiger partial charge in [0, 0.05) is 44.8 Å². The van der Waals surface area contributed by atoms with Crippen LogP contribution in [-0.4, -0.2) is 50.2 Å². The molecule has 2 aliphatic heterocycles. The van der Waals surface area contributed by atoms with Gasteiger partial charge in [-0.3, -0.25) is 10.2 Å². The van der Waals surface area contributed by atoms with Crippen molar-refractivity contribution in [1.82, 2.24) is 15.8 Å². The average molecular weight is 365 g/mol. The Balaban J connectivity index is 0.00000132. The Kier molecular flexibility index (Phi) is 8.05. The molecule has 2 aliphatic rings. The van der Waals surface area contributed by atoms with Gasteiger partial charge in [0.05, 0.1) is 5.69 Å². The molecule has 0 unspecified atom stereocenters. The molecule has 2 saturated heterocycles. The molecule has 1 amide bonds. The second-order valence-corrected chi connectivity index (χ2v) is 5.54. The van der Waals surface area contributed by atoms with Gasteiger partial charge in [-0.05, 0) is 31.0 Å². The average Bonchev–Trinajstić information content (AvgIpc) is 3.01. The zero-order chi connectivity index (χ0) is 14.7. The normalized spacial score (nSPS) is 18.0. The second-order valence-electron chi connectivity index (χ2n) is 5.54. The number of piperazine rings is 1. The molecule has 23 heavy (non-hydrogen) atoms. The third-order valence-corrected chi connectivity index (χ3v) is 4.03. The van der Waals surface area contributed by atoms with Crippen LogP contribution in [0.5, 0.6) is 0 Å². The molecule has 0 atom stereocenters. The van der Waals surface area contributed by atoms with Crippen molar-refractivity contribution in [2.45, 2.75) is 12.8 Å². The molecule has 1 aromatic rings. The van der Waals surface area contributed by atoms with Crippen LogP contribution in [0.2, 0.25) is 0 Å². The van der Waals surface area contributed by atoms with Gasteiger partial charge in [-0.15, -0.1) is 24.8 Å². The number of anilines is 1. The summed E-state index contributed by atoms with van der Waals surface area (Å²) in [7, 11) is 0. The number of amides is 1. The van der Waals surface area contributed by atoms with Crippen LogP contribution < -0.4 is 15.6 Å². The van der Waals surface area contributed by atoms with Crippen LogP contribution >= 0.6 is 24.8 Å². The summed E-state index contributed by atoms with van der Waals surface area (Å²) < 4.78 is 14.3. The molecule has 130 valence electrons. The molecule has 0 saturated carbocycles. The Hall–Kier alpha value is -1.08. The number of halogens is 3. The zero-order valence-electron chi connectivity index (χ0n) is 12.9. The van der Waals surface area contributed by atoms with Crippen LogP contribution in [0.1, 0.15) is 23.2 Å². The quantitative estimate of drug-likeness (QED) is 0.858. The maximum atomic E-state index is 14.3. The number of carbonyl (C=O) groups excluding carboxylic acids is 1. The standard InChI is InChI=1S/C15H21FN4O.2ClH/c16-13-11-12(15(21)18-20-7-1-2-8-20)3-4-14(13)19-9-5-17-6-10-19;;/h3-4,11,17H,1-2,5-10H2,(H,18,21);2*1H. The van der Waals surface area contributed by atoms with Gasteiger partial charge in [0.2, 0.25) is 0 Å². The summed E-state index contributed by atoms with van der Waals surface area (Å²) in [5.74, 6) is -0.561. The van der Waals surface area contributed by atoms with E-state index in [1.807, 2.05) is 9.91 Å². The van der Waals surface area contributed by atoms with E-state index in [4.69, 9.17) is 0 Å². The largest absolute Gasteiger partial charge is 0.367 e. The highest BCUT2D eigenvalue weighted by Crippen LogP contribution is 2.21. The molecule has 0 spiro atoms. The Morgan fingerprint density at radius 2 is 1.74 bits per heavy atom. The zero-order valence-corrected chi connectivity index (χ0v) is 14.5. The molecular formula is C15H23Cl2FN4O. The van der Waals surface area contributed by atoms with Gasteiger partial charge >= 0.3 is 0 Å². The number of hydrazine groups is 1. The van der Waals surface area contributed by atoms with E-state index in [1.54, 1.807) is 12.1 Å². The summed E-state index contributed by atoms with van der Waals surface area (Å²) in [6.07, 6.45) is 2.19. The highest BCUT2D eigenvalue weighted by molar-refractivity contribution is 5.94. The minimum absolute atomic E-state index is 0. The Labute approximate surface area is 148 Å². The first kappa shape index (κ1) is 20.0. The Morgan fingerprint density at radius 1 is 1.09 bits per heavy atom. The predicted molar refractivity (Wildman–Crippen MR) is 94.3 cm³/mol. The van der Waals surface area contributed by atoms with Gasteiger partial charge < -0.3 is 10.2 Å². The number of hydrogen-bond acceptors (Lipinski definition) is 4. The van der Waals surface area contributed by atoms with Gasteiger partial charge in [0.15, 0.2) is 0 Å². The van der Waals surface area contributed by atoms with Crippen LogP contribution in [-0.2, 0) is 0 Å². The summed E-state index contributed by atoms with van der Waals surface area (Å²) in [6.45, 7) is 5.03. The van der Waals surface area contributed by atoms with Crippen LogP contribution in [0.25, 0.3) is 0 Å². The van der Waals surface area contributed by atoms with E-state index in [2.05, 4.69) is 10.7 Å². The first-order valence-corrected chi connectivity index (χ1v) is 7.55. The van der Waals surface area contributed by atoms with E-state index in [1.165, 1.54) is 6.07 Å². The van der Waals surface area contributed by atoms with Crippen molar-refractivity contribution < 1.29 is 9.18 Å². The van der Waals surface area contributed by atoms with Crippen molar-refractivity contribution in [3.05, 3.63) is 29.6 Å². The Bertz CT molecular complexity index is 520. The molecule has 8 heteroatoms. The number of nitrogens with zero attached hydrogens (tertiary/aromatic N) is 2. The first-order chi connectivity index (χ1) is 10.2. The summed E-state index contributed by atoms with van der Waals surface area (Å²) in [4.78, 5) is 14.1. The molecule has 0 aliphatic carbocycles. The van der Waals surface area contributed by atoms with E-state index in [0.717, 1.165) is 52.1 Å². The molecule has 2 N–H and O–H groups in total. The molecule has 2 heterocycles. The van der Waals surface area contributed by atoms with E-state index >= 15 is 0 Å².